The number of benzene rings is 1. The molecule has 3 rings (SSSR count). The van der Waals surface area contributed by atoms with Crippen LogP contribution in [0.2, 0.25) is 0 Å². The minimum atomic E-state index is -3.19. The highest BCUT2D eigenvalue weighted by Gasteiger charge is 2.48. The lowest BCUT2D eigenvalue weighted by Gasteiger charge is -2.44. The summed E-state index contributed by atoms with van der Waals surface area (Å²) in [5, 5.41) is 0. The molecule has 0 radical (unpaired) electrons. The normalized spacial score (nSPS) is 25.7. The number of amides is 2. The summed E-state index contributed by atoms with van der Waals surface area (Å²) in [6, 6.07) is 4.13. The van der Waals surface area contributed by atoms with Gasteiger partial charge >= 0.3 is 6.03 Å². The molecule has 0 saturated carbocycles. The molecule has 0 N–H and O–H groups in total. The van der Waals surface area contributed by atoms with Gasteiger partial charge in [0.15, 0.2) is 9.84 Å². The Hall–Kier alpha value is -1.67. The zero-order valence-corrected chi connectivity index (χ0v) is 15.6. The number of nitrogens with zero attached hydrogens (tertiary/aromatic N) is 3. The maximum atomic E-state index is 13.7. The predicted octanol–water partition coefficient (Wildman–Crippen LogP) is 1.10. The number of sulfone groups is 1. The van der Waals surface area contributed by atoms with Gasteiger partial charge in [-0.15, -0.1) is 0 Å². The topological polar surface area (TPSA) is 60.9 Å². The van der Waals surface area contributed by atoms with Crippen molar-refractivity contribution in [2.24, 2.45) is 0 Å². The molecule has 2 atom stereocenters. The first kappa shape index (κ1) is 18.1. The summed E-state index contributed by atoms with van der Waals surface area (Å²) in [5.41, 5.74) is 1.67. The second kappa shape index (κ2) is 6.57. The van der Waals surface area contributed by atoms with Crippen LogP contribution in [0.1, 0.15) is 11.1 Å². The molecule has 0 unspecified atom stereocenters. The molecule has 2 fully saturated rings. The van der Waals surface area contributed by atoms with Crippen molar-refractivity contribution < 1.29 is 17.6 Å². The van der Waals surface area contributed by atoms with Crippen molar-refractivity contribution in [1.82, 2.24) is 14.7 Å². The fourth-order valence-corrected chi connectivity index (χ4v) is 5.87. The zero-order valence-electron chi connectivity index (χ0n) is 14.8. The van der Waals surface area contributed by atoms with E-state index in [9.17, 15) is 17.6 Å². The first-order valence-corrected chi connectivity index (χ1v) is 10.2. The third kappa shape index (κ3) is 3.79. The summed E-state index contributed by atoms with van der Waals surface area (Å²) in [5.74, 6) is -0.244. The Labute approximate surface area is 148 Å². The SMILES string of the molecule is Cc1cc(F)cc(CN2CCN(C(=O)N(C)C)[C@@H]3CS(=O)(=O)C[C@@H]32)c1. The van der Waals surface area contributed by atoms with Crippen LogP contribution in [0.15, 0.2) is 18.2 Å². The van der Waals surface area contributed by atoms with Gasteiger partial charge in [0.2, 0.25) is 0 Å². The van der Waals surface area contributed by atoms with Gasteiger partial charge in [-0.3, -0.25) is 4.90 Å². The maximum Gasteiger partial charge on any atom is 0.319 e. The van der Waals surface area contributed by atoms with E-state index in [0.29, 0.717) is 19.6 Å². The minimum absolute atomic E-state index is 0.00404. The van der Waals surface area contributed by atoms with Gasteiger partial charge < -0.3 is 9.80 Å². The molecular formula is C17H24FN3O3S. The molecule has 1 aromatic carbocycles. The number of carbonyl (C=O) groups excluding carboxylic acids is 1. The largest absolute Gasteiger partial charge is 0.331 e. The van der Waals surface area contributed by atoms with Crippen LogP contribution in [0.4, 0.5) is 9.18 Å². The molecule has 2 heterocycles. The van der Waals surface area contributed by atoms with Crippen LogP contribution in [0.3, 0.4) is 0 Å². The Kier molecular flexibility index (Phi) is 4.76. The summed E-state index contributed by atoms with van der Waals surface area (Å²) in [7, 11) is 0.148. The molecule has 0 aromatic heterocycles. The van der Waals surface area contributed by atoms with Crippen LogP contribution in [-0.4, -0.2) is 79.9 Å². The van der Waals surface area contributed by atoms with E-state index in [1.807, 2.05) is 13.0 Å². The van der Waals surface area contributed by atoms with E-state index in [-0.39, 0.29) is 35.4 Å². The molecule has 2 saturated heterocycles. The number of hydrogen-bond donors (Lipinski definition) is 0. The molecule has 2 amide bonds. The number of urea groups is 1. The third-order valence-corrected chi connectivity index (χ3v) is 6.61. The smallest absolute Gasteiger partial charge is 0.319 e. The quantitative estimate of drug-likeness (QED) is 0.783. The van der Waals surface area contributed by atoms with Crippen molar-refractivity contribution in [3.05, 3.63) is 35.1 Å². The van der Waals surface area contributed by atoms with Crippen LogP contribution in [-0.2, 0) is 16.4 Å². The van der Waals surface area contributed by atoms with E-state index in [1.165, 1.54) is 17.0 Å². The number of fused-ring (bicyclic) bond motifs is 1. The molecule has 2 aliphatic heterocycles. The Morgan fingerprint density at radius 3 is 2.52 bits per heavy atom. The lowest BCUT2D eigenvalue weighted by Crippen LogP contribution is -2.61. The monoisotopic (exact) mass is 369 g/mol. The summed E-state index contributed by atoms with van der Waals surface area (Å²) in [6.07, 6.45) is 0. The number of rotatable bonds is 2. The molecule has 0 bridgehead atoms. The van der Waals surface area contributed by atoms with Gasteiger partial charge in [0.05, 0.1) is 17.5 Å². The van der Waals surface area contributed by atoms with Crippen molar-refractivity contribution in [2.45, 2.75) is 25.6 Å². The summed E-state index contributed by atoms with van der Waals surface area (Å²) in [6.45, 7) is 3.37. The van der Waals surface area contributed by atoms with Gasteiger partial charge in [0, 0.05) is 39.8 Å². The van der Waals surface area contributed by atoms with Gasteiger partial charge in [-0.25, -0.2) is 17.6 Å². The third-order valence-electron chi connectivity index (χ3n) is 4.91. The standard InChI is InChI=1S/C17H24FN3O3S/c1-12-6-13(8-14(18)7-12)9-20-4-5-21(17(22)19(2)3)16-11-25(23,24)10-15(16)20/h6-8,15-16H,4-5,9-11H2,1-3H3/t15-,16+/m0/s1. The van der Waals surface area contributed by atoms with Crippen LogP contribution < -0.4 is 0 Å². The van der Waals surface area contributed by atoms with Gasteiger partial charge in [-0.1, -0.05) is 6.07 Å². The van der Waals surface area contributed by atoms with Crippen molar-refractivity contribution >= 4 is 15.9 Å². The Balaban J connectivity index is 1.84. The second-order valence-corrected chi connectivity index (χ2v) is 9.34. The van der Waals surface area contributed by atoms with E-state index in [0.717, 1.165) is 11.1 Å². The number of hydrogen-bond acceptors (Lipinski definition) is 4. The maximum absolute atomic E-state index is 13.7. The highest BCUT2D eigenvalue weighted by molar-refractivity contribution is 7.91. The number of halogens is 1. The molecule has 138 valence electrons. The number of aryl methyl sites for hydroxylation is 1. The predicted molar refractivity (Wildman–Crippen MR) is 93.6 cm³/mol. The highest BCUT2D eigenvalue weighted by Crippen LogP contribution is 2.29. The Bertz CT molecular complexity index is 761. The first-order chi connectivity index (χ1) is 11.7. The molecule has 0 spiro atoms. The lowest BCUT2D eigenvalue weighted by molar-refractivity contribution is 0.0520. The summed E-state index contributed by atoms with van der Waals surface area (Å²) < 4.78 is 38.1. The lowest BCUT2D eigenvalue weighted by atomic mass is 10.0. The van der Waals surface area contributed by atoms with Crippen molar-refractivity contribution in [3.63, 3.8) is 0 Å². The van der Waals surface area contributed by atoms with Gasteiger partial charge in [-0.05, 0) is 30.2 Å². The molecule has 2 aliphatic rings. The summed E-state index contributed by atoms with van der Waals surface area (Å²) in [4.78, 5) is 17.6. The van der Waals surface area contributed by atoms with E-state index in [1.54, 1.807) is 19.0 Å². The van der Waals surface area contributed by atoms with Crippen LogP contribution in [0, 0.1) is 12.7 Å². The van der Waals surface area contributed by atoms with Gasteiger partial charge in [0.1, 0.15) is 5.82 Å². The van der Waals surface area contributed by atoms with Crippen LogP contribution in [0.25, 0.3) is 0 Å². The zero-order chi connectivity index (χ0) is 18.4. The first-order valence-electron chi connectivity index (χ1n) is 8.35. The molecular weight excluding hydrogens is 345 g/mol. The fraction of sp³-hybridized carbons (Fsp3) is 0.588. The fourth-order valence-electron chi connectivity index (χ4n) is 3.85. The van der Waals surface area contributed by atoms with Gasteiger partial charge in [0.25, 0.3) is 0 Å². The van der Waals surface area contributed by atoms with Crippen molar-refractivity contribution in [2.75, 3.05) is 38.7 Å². The highest BCUT2D eigenvalue weighted by atomic mass is 32.2. The Morgan fingerprint density at radius 2 is 1.88 bits per heavy atom. The van der Waals surface area contributed by atoms with E-state index < -0.39 is 9.84 Å². The van der Waals surface area contributed by atoms with E-state index in [2.05, 4.69) is 4.90 Å². The van der Waals surface area contributed by atoms with E-state index >= 15 is 0 Å². The van der Waals surface area contributed by atoms with Crippen molar-refractivity contribution in [3.8, 4) is 0 Å². The van der Waals surface area contributed by atoms with Crippen LogP contribution >= 0.6 is 0 Å². The number of carbonyl (C=O) groups is 1. The molecule has 6 nitrogen and oxygen atoms in total. The average Bonchev–Trinajstić information content (AvgIpc) is 2.81. The van der Waals surface area contributed by atoms with Gasteiger partial charge in [-0.2, -0.15) is 0 Å². The second-order valence-electron chi connectivity index (χ2n) is 7.19. The van der Waals surface area contributed by atoms with E-state index in [4.69, 9.17) is 0 Å². The molecule has 25 heavy (non-hydrogen) atoms. The molecule has 1 aromatic rings. The van der Waals surface area contributed by atoms with Crippen LogP contribution in [0.5, 0.6) is 0 Å². The minimum Gasteiger partial charge on any atom is -0.331 e. The average molecular weight is 369 g/mol. The molecule has 8 heteroatoms. The van der Waals surface area contributed by atoms with Crippen molar-refractivity contribution in [1.29, 1.82) is 0 Å². The summed E-state index contributed by atoms with van der Waals surface area (Å²) >= 11 is 0. The number of piperazine rings is 1. The molecule has 0 aliphatic carbocycles. The Morgan fingerprint density at radius 1 is 1.20 bits per heavy atom.